The van der Waals surface area contributed by atoms with Crippen molar-refractivity contribution in [2.24, 2.45) is 13.0 Å². The van der Waals surface area contributed by atoms with Crippen molar-refractivity contribution in [3.05, 3.63) is 53.2 Å². The maximum Gasteiger partial charge on any atom is 0.338 e. The predicted octanol–water partition coefficient (Wildman–Crippen LogP) is 5.44. The van der Waals surface area contributed by atoms with Gasteiger partial charge in [-0.2, -0.15) is 0 Å². The second-order valence-electron chi connectivity index (χ2n) is 8.74. The SMILES string of the molecule is Cc1c(C(=O)O)c2cc(-c3cc(CCC(=O)O)ccc3OCC3CCCC3)ccc2n1C. The van der Waals surface area contributed by atoms with Gasteiger partial charge in [-0.05, 0) is 67.5 Å². The molecule has 32 heavy (non-hydrogen) atoms. The number of ether oxygens (including phenoxy) is 1. The molecule has 3 aromatic rings. The van der Waals surface area contributed by atoms with Crippen LogP contribution in [0.2, 0.25) is 0 Å². The number of rotatable bonds is 8. The molecule has 1 aromatic heterocycles. The largest absolute Gasteiger partial charge is 0.493 e. The van der Waals surface area contributed by atoms with Crippen LogP contribution in [-0.2, 0) is 18.3 Å². The number of benzene rings is 2. The second kappa shape index (κ2) is 9.07. The van der Waals surface area contributed by atoms with Crippen LogP contribution in [0.25, 0.3) is 22.0 Å². The molecule has 0 atom stereocenters. The number of aliphatic carboxylic acids is 1. The Labute approximate surface area is 187 Å². The van der Waals surface area contributed by atoms with Gasteiger partial charge in [0, 0.05) is 35.6 Å². The number of fused-ring (bicyclic) bond motifs is 1. The number of hydrogen-bond donors (Lipinski definition) is 2. The van der Waals surface area contributed by atoms with Gasteiger partial charge in [-0.25, -0.2) is 4.79 Å². The van der Waals surface area contributed by atoms with Gasteiger partial charge in [0.25, 0.3) is 0 Å². The highest BCUT2D eigenvalue weighted by atomic mass is 16.5. The first-order valence-corrected chi connectivity index (χ1v) is 11.2. The van der Waals surface area contributed by atoms with Crippen LogP contribution in [-0.4, -0.2) is 33.3 Å². The molecule has 0 unspecified atom stereocenters. The summed E-state index contributed by atoms with van der Waals surface area (Å²) in [6, 6.07) is 11.6. The van der Waals surface area contributed by atoms with Crippen LogP contribution in [0.5, 0.6) is 5.75 Å². The molecule has 1 fully saturated rings. The van der Waals surface area contributed by atoms with Crippen molar-refractivity contribution in [2.45, 2.75) is 45.4 Å². The lowest BCUT2D eigenvalue weighted by Gasteiger charge is -2.16. The summed E-state index contributed by atoms with van der Waals surface area (Å²) >= 11 is 0. The molecule has 0 aliphatic heterocycles. The summed E-state index contributed by atoms with van der Waals surface area (Å²) < 4.78 is 8.13. The number of aryl methyl sites for hydroxylation is 2. The van der Waals surface area contributed by atoms with Gasteiger partial charge in [0.2, 0.25) is 0 Å². The highest BCUT2D eigenvalue weighted by Crippen LogP contribution is 2.36. The van der Waals surface area contributed by atoms with E-state index in [-0.39, 0.29) is 6.42 Å². The lowest BCUT2D eigenvalue weighted by Crippen LogP contribution is -2.09. The Morgan fingerprint density at radius 2 is 1.84 bits per heavy atom. The molecule has 6 heteroatoms. The van der Waals surface area contributed by atoms with E-state index < -0.39 is 11.9 Å². The third-order valence-electron chi connectivity index (χ3n) is 6.64. The molecular weight excluding hydrogens is 406 g/mol. The van der Waals surface area contributed by atoms with Gasteiger partial charge in [0.05, 0.1) is 12.2 Å². The molecule has 0 spiro atoms. The maximum atomic E-state index is 11.9. The predicted molar refractivity (Wildman–Crippen MR) is 123 cm³/mol. The minimum Gasteiger partial charge on any atom is -0.493 e. The molecule has 0 bridgehead atoms. The highest BCUT2D eigenvalue weighted by molar-refractivity contribution is 6.06. The molecule has 0 saturated heterocycles. The lowest BCUT2D eigenvalue weighted by atomic mass is 9.97. The van der Waals surface area contributed by atoms with E-state index in [9.17, 15) is 14.7 Å². The normalized spacial score (nSPS) is 14.2. The van der Waals surface area contributed by atoms with E-state index in [1.54, 1.807) is 0 Å². The first-order chi connectivity index (χ1) is 15.3. The van der Waals surface area contributed by atoms with Crippen LogP contribution in [0.1, 0.15) is 53.7 Å². The molecule has 1 aliphatic carbocycles. The van der Waals surface area contributed by atoms with Gasteiger partial charge in [-0.1, -0.05) is 25.0 Å². The van der Waals surface area contributed by atoms with Gasteiger partial charge >= 0.3 is 11.9 Å². The number of aromatic carboxylic acids is 1. The molecule has 0 radical (unpaired) electrons. The zero-order valence-corrected chi connectivity index (χ0v) is 18.6. The highest BCUT2D eigenvalue weighted by Gasteiger charge is 2.20. The third-order valence-corrected chi connectivity index (χ3v) is 6.64. The first kappa shape index (κ1) is 21.9. The van der Waals surface area contributed by atoms with Crippen molar-refractivity contribution >= 4 is 22.8 Å². The number of hydrogen-bond acceptors (Lipinski definition) is 3. The molecule has 6 nitrogen and oxygen atoms in total. The van der Waals surface area contributed by atoms with Crippen molar-refractivity contribution in [1.29, 1.82) is 0 Å². The van der Waals surface area contributed by atoms with Crippen LogP contribution >= 0.6 is 0 Å². The fourth-order valence-corrected chi connectivity index (χ4v) is 4.73. The van der Waals surface area contributed by atoms with E-state index in [2.05, 4.69) is 0 Å². The molecular formula is C26H29NO5. The average molecular weight is 436 g/mol. The minimum absolute atomic E-state index is 0.0573. The van der Waals surface area contributed by atoms with Crippen molar-refractivity contribution in [3.63, 3.8) is 0 Å². The summed E-state index contributed by atoms with van der Waals surface area (Å²) in [5.74, 6) is -0.467. The van der Waals surface area contributed by atoms with E-state index in [4.69, 9.17) is 9.84 Å². The smallest absolute Gasteiger partial charge is 0.338 e. The first-order valence-electron chi connectivity index (χ1n) is 11.2. The molecule has 1 heterocycles. The number of nitrogens with zero attached hydrogens (tertiary/aromatic N) is 1. The van der Waals surface area contributed by atoms with Crippen LogP contribution < -0.4 is 4.74 Å². The molecule has 1 aliphatic rings. The summed E-state index contributed by atoms with van der Waals surface area (Å²) in [5.41, 5.74) is 4.52. The summed E-state index contributed by atoms with van der Waals surface area (Å²) in [5, 5.41) is 19.5. The van der Waals surface area contributed by atoms with Gasteiger partial charge in [0.1, 0.15) is 5.75 Å². The van der Waals surface area contributed by atoms with Crippen LogP contribution in [0.4, 0.5) is 0 Å². The Morgan fingerprint density at radius 3 is 2.53 bits per heavy atom. The standard InChI is InChI=1S/C26H29NO5/c1-16-25(26(30)31)21-14-19(9-10-22(21)27(16)2)20-13-17(8-12-24(28)29)7-11-23(20)32-15-18-5-3-4-6-18/h7,9-11,13-14,18H,3-6,8,12,15H2,1-2H3,(H,28,29)(H,30,31). The van der Waals surface area contributed by atoms with E-state index in [0.717, 1.165) is 28.0 Å². The Bertz CT molecular complexity index is 1170. The van der Waals surface area contributed by atoms with E-state index in [1.807, 2.05) is 54.9 Å². The maximum absolute atomic E-state index is 11.9. The van der Waals surface area contributed by atoms with Gasteiger partial charge in [-0.15, -0.1) is 0 Å². The summed E-state index contributed by atoms with van der Waals surface area (Å²) in [6.45, 7) is 2.47. The van der Waals surface area contributed by atoms with E-state index in [0.29, 0.717) is 35.6 Å². The Kier molecular flexibility index (Phi) is 6.21. The fraction of sp³-hybridized carbons (Fsp3) is 0.385. The minimum atomic E-state index is -0.946. The van der Waals surface area contributed by atoms with Crippen LogP contribution in [0.15, 0.2) is 36.4 Å². The number of carbonyl (C=O) groups is 2. The van der Waals surface area contributed by atoms with Crippen molar-refractivity contribution in [1.82, 2.24) is 4.57 Å². The molecule has 1 saturated carbocycles. The fourth-order valence-electron chi connectivity index (χ4n) is 4.73. The average Bonchev–Trinajstić information content (AvgIpc) is 3.37. The number of aromatic nitrogens is 1. The quantitative estimate of drug-likeness (QED) is 0.492. The lowest BCUT2D eigenvalue weighted by molar-refractivity contribution is -0.136. The molecule has 0 amide bonds. The van der Waals surface area contributed by atoms with Gasteiger partial charge in [0.15, 0.2) is 0 Å². The van der Waals surface area contributed by atoms with Gasteiger partial charge < -0.3 is 19.5 Å². The summed E-state index contributed by atoms with van der Waals surface area (Å²) in [6.07, 6.45) is 5.35. The topological polar surface area (TPSA) is 88.8 Å². The monoisotopic (exact) mass is 435 g/mol. The third kappa shape index (κ3) is 4.35. The zero-order chi connectivity index (χ0) is 22.8. The molecule has 2 aromatic carbocycles. The van der Waals surface area contributed by atoms with Crippen molar-refractivity contribution in [3.8, 4) is 16.9 Å². The van der Waals surface area contributed by atoms with Crippen molar-refractivity contribution < 1.29 is 24.5 Å². The Balaban J connectivity index is 1.77. The van der Waals surface area contributed by atoms with E-state index in [1.165, 1.54) is 25.7 Å². The van der Waals surface area contributed by atoms with Crippen molar-refractivity contribution in [2.75, 3.05) is 6.61 Å². The second-order valence-corrected chi connectivity index (χ2v) is 8.74. The Hall–Kier alpha value is -3.28. The summed E-state index contributed by atoms with van der Waals surface area (Å²) in [4.78, 5) is 23.0. The van der Waals surface area contributed by atoms with Crippen LogP contribution in [0, 0.1) is 12.8 Å². The summed E-state index contributed by atoms with van der Waals surface area (Å²) in [7, 11) is 1.87. The molecule has 2 N–H and O–H groups in total. The molecule has 4 rings (SSSR count). The van der Waals surface area contributed by atoms with Gasteiger partial charge in [-0.3, -0.25) is 4.79 Å². The Morgan fingerprint density at radius 1 is 1.09 bits per heavy atom. The number of carboxylic acids is 2. The van der Waals surface area contributed by atoms with E-state index >= 15 is 0 Å². The number of carboxylic acid groups (broad SMARTS) is 2. The zero-order valence-electron chi connectivity index (χ0n) is 18.6. The van der Waals surface area contributed by atoms with Crippen LogP contribution in [0.3, 0.4) is 0 Å². The molecule has 168 valence electrons.